The zero-order chi connectivity index (χ0) is 20.6. The van der Waals surface area contributed by atoms with E-state index in [1.807, 2.05) is 0 Å². The quantitative estimate of drug-likeness (QED) is 0.613. The highest BCUT2D eigenvalue weighted by Crippen LogP contribution is 2.26. The molecule has 1 aromatic carbocycles. The summed E-state index contributed by atoms with van der Waals surface area (Å²) in [6.07, 6.45) is 1.29. The Morgan fingerprint density at radius 3 is 2.25 bits per heavy atom. The van der Waals surface area contributed by atoms with Crippen LogP contribution in [0.1, 0.15) is 64.7 Å². The Morgan fingerprint density at radius 1 is 1.07 bits per heavy atom. The Balaban J connectivity index is 1.65. The van der Waals surface area contributed by atoms with Crippen LogP contribution in [0.2, 0.25) is 0 Å². The lowest BCUT2D eigenvalue weighted by Crippen LogP contribution is -2.48. The highest BCUT2D eigenvalue weighted by atomic mass is 35.5. The van der Waals surface area contributed by atoms with Gasteiger partial charge >= 0.3 is 0 Å². The van der Waals surface area contributed by atoms with Gasteiger partial charge in [0.15, 0.2) is 0 Å². The summed E-state index contributed by atoms with van der Waals surface area (Å²) in [6, 6.07) is 4.29. The van der Waals surface area contributed by atoms with Gasteiger partial charge in [0, 0.05) is 30.7 Å². The lowest BCUT2D eigenvalue weighted by molar-refractivity contribution is -0.131. The lowest BCUT2D eigenvalue weighted by Gasteiger charge is -2.33. The maximum absolute atomic E-state index is 12.6. The monoisotopic (exact) mass is 405 g/mol. The Labute approximate surface area is 169 Å². The molecule has 0 aliphatic carbocycles. The van der Waals surface area contributed by atoms with Gasteiger partial charge in [-0.1, -0.05) is 0 Å². The van der Waals surface area contributed by atoms with Crippen LogP contribution in [-0.2, 0) is 4.79 Å². The van der Waals surface area contributed by atoms with Crippen LogP contribution in [0.3, 0.4) is 0 Å². The molecule has 1 N–H and O–H groups in total. The second-order valence-electron chi connectivity index (χ2n) is 7.52. The molecule has 4 amide bonds. The highest BCUT2D eigenvalue weighted by Gasteiger charge is 2.37. The Bertz CT molecular complexity index is 829. The summed E-state index contributed by atoms with van der Waals surface area (Å²) in [5, 5.41) is 2.40. The van der Waals surface area contributed by atoms with Gasteiger partial charge in [0.2, 0.25) is 5.91 Å². The molecule has 1 unspecified atom stereocenters. The van der Waals surface area contributed by atoms with Crippen molar-refractivity contribution in [1.29, 1.82) is 0 Å². The first-order valence-electron chi connectivity index (χ1n) is 9.46. The number of alkyl halides is 1. The van der Waals surface area contributed by atoms with Crippen LogP contribution in [-0.4, -0.2) is 64.0 Å². The van der Waals surface area contributed by atoms with Crippen LogP contribution in [0.4, 0.5) is 0 Å². The predicted molar refractivity (Wildman–Crippen MR) is 104 cm³/mol. The van der Waals surface area contributed by atoms with Crippen molar-refractivity contribution in [3.63, 3.8) is 0 Å². The van der Waals surface area contributed by atoms with Crippen molar-refractivity contribution < 1.29 is 19.2 Å². The number of imide groups is 1. The highest BCUT2D eigenvalue weighted by molar-refractivity contribution is 6.30. The molecule has 2 aliphatic rings. The molecule has 28 heavy (non-hydrogen) atoms. The van der Waals surface area contributed by atoms with E-state index < -0.39 is 5.38 Å². The topological polar surface area (TPSA) is 86.8 Å². The molecule has 150 valence electrons. The Hall–Kier alpha value is -2.41. The van der Waals surface area contributed by atoms with Crippen molar-refractivity contribution >= 4 is 35.2 Å². The van der Waals surface area contributed by atoms with Crippen molar-refractivity contribution in [2.45, 2.75) is 51.1 Å². The molecule has 0 spiro atoms. The van der Waals surface area contributed by atoms with Gasteiger partial charge in [-0.15, -0.1) is 11.6 Å². The first-order chi connectivity index (χ1) is 13.2. The van der Waals surface area contributed by atoms with Gasteiger partial charge < -0.3 is 10.2 Å². The van der Waals surface area contributed by atoms with Crippen LogP contribution in [0.5, 0.6) is 0 Å². The van der Waals surface area contributed by atoms with Crippen LogP contribution in [0, 0.1) is 0 Å². The summed E-state index contributed by atoms with van der Waals surface area (Å²) < 4.78 is 0. The summed E-state index contributed by atoms with van der Waals surface area (Å²) >= 11 is 5.84. The minimum Gasteiger partial charge on any atom is -0.349 e. The van der Waals surface area contributed by atoms with Gasteiger partial charge in [-0.2, -0.15) is 0 Å². The molecule has 1 saturated heterocycles. The lowest BCUT2D eigenvalue weighted by atomic mass is 10.0. The van der Waals surface area contributed by atoms with Gasteiger partial charge in [-0.25, -0.2) is 0 Å². The van der Waals surface area contributed by atoms with Crippen LogP contribution in [0.15, 0.2) is 18.2 Å². The fraction of sp³-hybridized carbons (Fsp3) is 0.500. The molecule has 0 saturated carbocycles. The van der Waals surface area contributed by atoms with E-state index in [0.29, 0.717) is 37.1 Å². The molecule has 0 radical (unpaired) electrons. The summed E-state index contributed by atoms with van der Waals surface area (Å²) in [5.41, 5.74) is 0.943. The van der Waals surface area contributed by atoms with Crippen molar-refractivity contribution in [3.8, 4) is 0 Å². The van der Waals surface area contributed by atoms with E-state index in [4.69, 9.17) is 11.6 Å². The molecular weight excluding hydrogens is 382 g/mol. The van der Waals surface area contributed by atoms with Gasteiger partial charge in [0.05, 0.1) is 11.1 Å². The fourth-order valence-electron chi connectivity index (χ4n) is 3.63. The second-order valence-corrected chi connectivity index (χ2v) is 8.18. The van der Waals surface area contributed by atoms with E-state index in [2.05, 4.69) is 5.32 Å². The molecule has 0 bridgehead atoms. The Kier molecular flexibility index (Phi) is 5.74. The van der Waals surface area contributed by atoms with Gasteiger partial charge in [0.25, 0.3) is 17.7 Å². The number of piperidine rings is 1. The zero-order valence-corrected chi connectivity index (χ0v) is 17.0. The number of nitrogens with zero attached hydrogens (tertiary/aromatic N) is 2. The number of rotatable bonds is 4. The fourth-order valence-corrected chi connectivity index (χ4v) is 3.77. The van der Waals surface area contributed by atoms with E-state index in [-0.39, 0.29) is 41.3 Å². The van der Waals surface area contributed by atoms with Crippen molar-refractivity contribution in [1.82, 2.24) is 15.1 Å². The van der Waals surface area contributed by atoms with E-state index in [1.165, 1.54) is 17.0 Å². The normalized spacial score (nSPS) is 18.5. The van der Waals surface area contributed by atoms with Crippen molar-refractivity contribution in [2.24, 2.45) is 0 Å². The zero-order valence-electron chi connectivity index (χ0n) is 16.2. The molecular formula is C20H24ClN3O4. The average molecular weight is 406 g/mol. The summed E-state index contributed by atoms with van der Waals surface area (Å²) in [4.78, 5) is 52.3. The van der Waals surface area contributed by atoms with Gasteiger partial charge in [-0.05, 0) is 51.8 Å². The number of amides is 4. The number of likely N-dealkylation sites (tertiary alicyclic amines) is 1. The number of fused-ring (bicyclic) bond motifs is 1. The van der Waals surface area contributed by atoms with Crippen LogP contribution >= 0.6 is 11.6 Å². The summed E-state index contributed by atoms with van der Waals surface area (Å²) in [5.74, 6) is -1.08. The number of halogens is 1. The minimum absolute atomic E-state index is 0.0556. The molecule has 1 atom stereocenters. The van der Waals surface area contributed by atoms with Crippen LogP contribution < -0.4 is 5.32 Å². The molecule has 1 aromatic rings. The predicted octanol–water partition coefficient (Wildman–Crippen LogP) is 2.04. The number of carbonyl (C=O) groups excluding carboxylic acids is 4. The molecule has 2 aliphatic heterocycles. The van der Waals surface area contributed by atoms with Crippen molar-refractivity contribution in [3.05, 3.63) is 34.9 Å². The van der Waals surface area contributed by atoms with E-state index in [1.54, 1.807) is 31.7 Å². The third kappa shape index (κ3) is 3.76. The number of benzene rings is 1. The number of hydrogen-bond acceptors (Lipinski definition) is 4. The van der Waals surface area contributed by atoms with E-state index >= 15 is 0 Å². The first kappa shape index (κ1) is 20.3. The standard InChI is InChI=1S/C20H24ClN3O4/c1-11(2)24-19(27)15-5-4-13(10-16(15)20(24)28)17(25)22-14-6-8-23(9-7-14)18(26)12(3)21/h4-5,10-12,14H,6-9H2,1-3H3,(H,22,25). The first-order valence-corrected chi connectivity index (χ1v) is 9.90. The Morgan fingerprint density at radius 2 is 1.68 bits per heavy atom. The smallest absolute Gasteiger partial charge is 0.261 e. The second kappa shape index (κ2) is 7.91. The average Bonchev–Trinajstić information content (AvgIpc) is 2.91. The SMILES string of the molecule is CC(Cl)C(=O)N1CCC(NC(=O)c2ccc3c(c2)C(=O)N(C(C)C)C3=O)CC1. The molecule has 3 rings (SSSR count). The molecule has 8 heteroatoms. The molecule has 2 heterocycles. The van der Waals surface area contributed by atoms with E-state index in [9.17, 15) is 19.2 Å². The third-order valence-corrected chi connectivity index (χ3v) is 5.37. The van der Waals surface area contributed by atoms with Crippen molar-refractivity contribution in [2.75, 3.05) is 13.1 Å². The van der Waals surface area contributed by atoms with Crippen LogP contribution in [0.25, 0.3) is 0 Å². The maximum Gasteiger partial charge on any atom is 0.261 e. The van der Waals surface area contributed by atoms with Gasteiger partial charge in [0.1, 0.15) is 5.38 Å². The summed E-state index contributed by atoms with van der Waals surface area (Å²) in [6.45, 7) is 6.29. The minimum atomic E-state index is -0.553. The third-order valence-electron chi connectivity index (χ3n) is 5.18. The summed E-state index contributed by atoms with van der Waals surface area (Å²) in [7, 11) is 0. The number of carbonyl (C=O) groups is 4. The maximum atomic E-state index is 12.6. The van der Waals surface area contributed by atoms with Gasteiger partial charge in [-0.3, -0.25) is 24.1 Å². The number of hydrogen-bond donors (Lipinski definition) is 1. The number of nitrogens with one attached hydrogen (secondary N) is 1. The molecule has 0 aromatic heterocycles. The molecule has 7 nitrogen and oxygen atoms in total. The molecule has 1 fully saturated rings. The largest absolute Gasteiger partial charge is 0.349 e. The van der Waals surface area contributed by atoms with E-state index in [0.717, 1.165) is 0 Å².